The highest BCUT2D eigenvalue weighted by molar-refractivity contribution is 5.97. The molecule has 4 rings (SSSR count). The summed E-state index contributed by atoms with van der Waals surface area (Å²) in [6, 6.07) is 0.907. The van der Waals surface area contributed by atoms with E-state index >= 15 is 4.39 Å². The number of anilines is 1. The first kappa shape index (κ1) is 30.8. The Balaban J connectivity index is 1.70. The number of hydrogen-bond acceptors (Lipinski definition) is 7. The van der Waals surface area contributed by atoms with Crippen molar-refractivity contribution in [3.8, 4) is 30.4 Å². The Hall–Kier alpha value is -4.18. The van der Waals surface area contributed by atoms with E-state index in [1.54, 1.807) is 25.7 Å². The van der Waals surface area contributed by atoms with Crippen LogP contribution in [0.4, 0.5) is 14.9 Å². The van der Waals surface area contributed by atoms with Gasteiger partial charge in [0.05, 0.1) is 24.6 Å². The number of fused-ring (bicyclic) bond motifs is 1. The molecule has 0 spiro atoms. The molecule has 1 aromatic heterocycles. The number of carbonyl (C=O) groups is 2. The number of esters is 1. The fourth-order valence-electron chi connectivity index (χ4n) is 5.26. The molecule has 2 aliphatic rings. The minimum absolute atomic E-state index is 0.0189. The summed E-state index contributed by atoms with van der Waals surface area (Å²) in [6.45, 7) is 8.24. The second kappa shape index (κ2) is 12.4. The van der Waals surface area contributed by atoms with Crippen molar-refractivity contribution in [1.82, 2.24) is 9.47 Å². The molecule has 1 atom stereocenters. The quantitative estimate of drug-likeness (QED) is 0.329. The van der Waals surface area contributed by atoms with Gasteiger partial charge in [-0.2, -0.15) is 0 Å². The number of terminal acetylenes is 2. The summed E-state index contributed by atoms with van der Waals surface area (Å²) in [4.78, 5) is 42.8. The molecule has 224 valence electrons. The Morgan fingerprint density at radius 3 is 2.38 bits per heavy atom. The van der Waals surface area contributed by atoms with E-state index in [0.29, 0.717) is 38.0 Å². The van der Waals surface area contributed by atoms with Crippen LogP contribution in [0, 0.1) is 36.4 Å². The smallest absolute Gasteiger partial charge is 0.410 e. The zero-order valence-corrected chi connectivity index (χ0v) is 24.9. The number of halogens is 1. The van der Waals surface area contributed by atoms with Gasteiger partial charge in [-0.05, 0) is 46.6 Å². The minimum atomic E-state index is -0.814. The van der Waals surface area contributed by atoms with Gasteiger partial charge in [-0.1, -0.05) is 0 Å². The summed E-state index contributed by atoms with van der Waals surface area (Å²) in [6.07, 6.45) is 14.2. The standard InChI is InChI=1S/C32H38FN3O6/c1-8-10-21(11-9-2)19-41-30(38)24-18-36(22-12-13-22)26-23(28(24)37)16-25(33)27(29(26)40-7)34-14-15-35(20(3)17-34)31(39)42-32(4,5)6/h1-2,16,18,20-22H,10-15,17,19H2,3-7H3. The number of rotatable bonds is 8. The van der Waals surface area contributed by atoms with E-state index in [0.717, 1.165) is 18.9 Å². The van der Waals surface area contributed by atoms with Gasteiger partial charge >= 0.3 is 12.1 Å². The van der Waals surface area contributed by atoms with Gasteiger partial charge in [-0.25, -0.2) is 14.0 Å². The first-order valence-electron chi connectivity index (χ1n) is 14.1. The number of methoxy groups -OCH3 is 1. The van der Waals surface area contributed by atoms with Crippen LogP contribution in [-0.4, -0.2) is 66.5 Å². The van der Waals surface area contributed by atoms with Crippen LogP contribution in [-0.2, 0) is 9.47 Å². The van der Waals surface area contributed by atoms with Gasteiger partial charge in [0.1, 0.15) is 16.9 Å². The molecule has 10 heteroatoms. The number of amides is 1. The summed E-state index contributed by atoms with van der Waals surface area (Å²) in [5, 5.41) is 0.0266. The third kappa shape index (κ3) is 6.49. The third-order valence-electron chi connectivity index (χ3n) is 7.40. The van der Waals surface area contributed by atoms with Crippen LogP contribution < -0.4 is 15.1 Å². The summed E-state index contributed by atoms with van der Waals surface area (Å²) in [5.41, 5.74) is -0.855. The van der Waals surface area contributed by atoms with E-state index in [1.807, 2.05) is 16.4 Å². The van der Waals surface area contributed by atoms with E-state index in [2.05, 4.69) is 11.8 Å². The minimum Gasteiger partial charge on any atom is -0.492 e. The highest BCUT2D eigenvalue weighted by Gasteiger charge is 2.35. The van der Waals surface area contributed by atoms with Crippen LogP contribution in [0.25, 0.3) is 10.9 Å². The fraction of sp³-hybridized carbons (Fsp3) is 0.531. The van der Waals surface area contributed by atoms with Crippen LogP contribution in [0.2, 0.25) is 0 Å². The van der Waals surface area contributed by atoms with Crippen LogP contribution in [0.1, 0.15) is 69.8 Å². The maximum atomic E-state index is 15.9. The molecule has 2 heterocycles. The Kier molecular flexibility index (Phi) is 9.06. The number of ether oxygens (including phenoxy) is 3. The van der Waals surface area contributed by atoms with Crippen molar-refractivity contribution in [3.05, 3.63) is 33.9 Å². The Morgan fingerprint density at radius 2 is 1.83 bits per heavy atom. The van der Waals surface area contributed by atoms with Gasteiger partial charge < -0.3 is 28.6 Å². The van der Waals surface area contributed by atoms with Gasteiger partial charge in [0.25, 0.3) is 0 Å². The van der Waals surface area contributed by atoms with Gasteiger partial charge in [0, 0.05) is 56.7 Å². The largest absolute Gasteiger partial charge is 0.492 e. The lowest BCUT2D eigenvalue weighted by atomic mass is 10.0. The first-order valence-corrected chi connectivity index (χ1v) is 14.1. The van der Waals surface area contributed by atoms with Crippen molar-refractivity contribution in [1.29, 1.82) is 0 Å². The second-order valence-corrected chi connectivity index (χ2v) is 11.9. The molecular formula is C32H38FN3O6. The molecule has 1 aromatic carbocycles. The molecule has 1 amide bonds. The van der Waals surface area contributed by atoms with E-state index in [9.17, 15) is 14.4 Å². The van der Waals surface area contributed by atoms with E-state index in [4.69, 9.17) is 27.1 Å². The predicted octanol–water partition coefficient (Wildman–Crippen LogP) is 4.75. The molecule has 1 unspecified atom stereocenters. The summed E-state index contributed by atoms with van der Waals surface area (Å²) in [5.74, 6) is 3.53. The summed E-state index contributed by atoms with van der Waals surface area (Å²) >= 11 is 0. The Labute approximate surface area is 245 Å². The fourth-order valence-corrected chi connectivity index (χ4v) is 5.26. The molecule has 1 aliphatic carbocycles. The molecule has 2 fully saturated rings. The molecule has 0 bridgehead atoms. The molecule has 9 nitrogen and oxygen atoms in total. The van der Waals surface area contributed by atoms with Gasteiger partial charge in [-0.3, -0.25) is 4.79 Å². The second-order valence-electron chi connectivity index (χ2n) is 11.9. The van der Waals surface area contributed by atoms with Crippen LogP contribution in [0.15, 0.2) is 17.1 Å². The lowest BCUT2D eigenvalue weighted by Crippen LogP contribution is -2.55. The summed E-state index contributed by atoms with van der Waals surface area (Å²) in [7, 11) is 1.43. The monoisotopic (exact) mass is 579 g/mol. The lowest BCUT2D eigenvalue weighted by Gasteiger charge is -2.41. The van der Waals surface area contributed by atoms with Gasteiger partial charge in [0.2, 0.25) is 5.43 Å². The molecule has 0 N–H and O–H groups in total. The molecule has 1 aliphatic heterocycles. The average molecular weight is 580 g/mol. The van der Waals surface area contributed by atoms with Crippen molar-refractivity contribution in [3.63, 3.8) is 0 Å². The molecule has 0 radical (unpaired) electrons. The number of carbonyl (C=O) groups excluding carboxylic acids is 2. The molecule has 42 heavy (non-hydrogen) atoms. The van der Waals surface area contributed by atoms with Crippen molar-refractivity contribution < 1.29 is 28.2 Å². The predicted molar refractivity (Wildman–Crippen MR) is 158 cm³/mol. The number of aromatic nitrogens is 1. The zero-order valence-electron chi connectivity index (χ0n) is 24.9. The lowest BCUT2D eigenvalue weighted by molar-refractivity contribution is 0.0158. The van der Waals surface area contributed by atoms with Crippen molar-refractivity contribution in [2.45, 2.75) is 71.1 Å². The van der Waals surface area contributed by atoms with Crippen LogP contribution in [0.5, 0.6) is 5.75 Å². The Bertz CT molecular complexity index is 1490. The maximum Gasteiger partial charge on any atom is 0.410 e. The highest BCUT2D eigenvalue weighted by Crippen LogP contribution is 2.44. The molecular weight excluding hydrogens is 541 g/mol. The highest BCUT2D eigenvalue weighted by atomic mass is 19.1. The number of hydrogen-bond donors (Lipinski definition) is 0. The summed E-state index contributed by atoms with van der Waals surface area (Å²) < 4.78 is 34.5. The number of pyridine rings is 1. The molecule has 2 aromatic rings. The third-order valence-corrected chi connectivity index (χ3v) is 7.40. The number of piperazine rings is 1. The van der Waals surface area contributed by atoms with Gasteiger partial charge in [0.15, 0.2) is 11.6 Å². The van der Waals surface area contributed by atoms with E-state index < -0.39 is 28.9 Å². The SMILES string of the molecule is C#CCC(CC#C)COC(=O)c1cn(C2CC2)c2c(OC)c(N3CCN(C(=O)OC(C)(C)C)C(C)C3)c(F)cc2c1=O. The van der Waals surface area contributed by atoms with E-state index in [-0.39, 0.29) is 47.0 Å². The Morgan fingerprint density at radius 1 is 1.17 bits per heavy atom. The van der Waals surface area contributed by atoms with Crippen molar-refractivity contribution in [2.24, 2.45) is 5.92 Å². The normalized spacial score (nSPS) is 17.1. The number of benzene rings is 1. The topological polar surface area (TPSA) is 90.3 Å². The number of nitrogens with zero attached hydrogens (tertiary/aromatic N) is 3. The molecule has 1 saturated carbocycles. The van der Waals surface area contributed by atoms with Gasteiger partial charge in [-0.15, -0.1) is 24.7 Å². The van der Waals surface area contributed by atoms with Crippen LogP contribution in [0.3, 0.4) is 0 Å². The molecule has 1 saturated heterocycles. The average Bonchev–Trinajstić information content (AvgIpc) is 3.76. The zero-order chi connectivity index (χ0) is 30.8. The van der Waals surface area contributed by atoms with Crippen LogP contribution >= 0.6 is 0 Å². The van der Waals surface area contributed by atoms with Crippen molar-refractivity contribution >= 4 is 28.7 Å². The van der Waals surface area contributed by atoms with E-state index in [1.165, 1.54) is 13.3 Å². The van der Waals surface area contributed by atoms with Crippen molar-refractivity contribution in [2.75, 3.05) is 38.3 Å². The maximum absolute atomic E-state index is 15.9. The first-order chi connectivity index (χ1) is 19.9.